The zero-order valence-corrected chi connectivity index (χ0v) is 15.5. The van der Waals surface area contributed by atoms with Crippen LogP contribution in [0.3, 0.4) is 0 Å². The molecule has 0 aromatic heterocycles. The third kappa shape index (κ3) is 3.64. The predicted molar refractivity (Wildman–Crippen MR) is 103 cm³/mol. The van der Waals surface area contributed by atoms with Gasteiger partial charge in [0.15, 0.2) is 0 Å². The maximum absolute atomic E-state index is 13.6. The molecule has 0 unspecified atom stereocenters. The zero-order valence-electron chi connectivity index (χ0n) is 15.5. The number of nitrogens with zero attached hydrogens (tertiary/aromatic N) is 1. The van der Waals surface area contributed by atoms with E-state index in [0.717, 1.165) is 16.5 Å². The monoisotopic (exact) mass is 382 g/mol. The Hall–Kier alpha value is -3.48. The number of aliphatic hydroxyl groups excluding tert-OH is 1. The van der Waals surface area contributed by atoms with E-state index in [2.05, 4.69) is 5.32 Å². The molecule has 0 fully saturated rings. The van der Waals surface area contributed by atoms with E-state index in [4.69, 9.17) is 0 Å². The van der Waals surface area contributed by atoms with Crippen LogP contribution in [0.1, 0.15) is 30.5 Å². The van der Waals surface area contributed by atoms with Gasteiger partial charge in [0, 0.05) is 31.5 Å². The predicted octanol–water partition coefficient (Wildman–Crippen LogP) is 2.82. The maximum atomic E-state index is 13.6. The fourth-order valence-corrected chi connectivity index (χ4v) is 3.14. The van der Waals surface area contributed by atoms with Crippen molar-refractivity contribution in [1.82, 2.24) is 5.32 Å². The van der Waals surface area contributed by atoms with Crippen molar-refractivity contribution < 1.29 is 23.9 Å². The van der Waals surface area contributed by atoms with E-state index < -0.39 is 17.6 Å². The second-order valence-corrected chi connectivity index (χ2v) is 6.47. The molecule has 7 heteroatoms. The largest absolute Gasteiger partial charge is 0.506 e. The molecule has 6 nitrogen and oxygen atoms in total. The molecule has 0 aliphatic carbocycles. The van der Waals surface area contributed by atoms with Crippen LogP contribution >= 0.6 is 0 Å². The van der Waals surface area contributed by atoms with E-state index in [1.54, 1.807) is 24.3 Å². The molecule has 3 rings (SSSR count). The molecule has 0 spiro atoms. The van der Waals surface area contributed by atoms with Gasteiger partial charge >= 0.3 is 0 Å². The molecule has 0 saturated carbocycles. The first-order valence-corrected chi connectivity index (χ1v) is 8.71. The SMILES string of the molecule is CC(=O)NCCc1ccc(C(O)=C2C(=O)N(C(C)=O)c3cc(F)ccc32)cc1. The Kier molecular flexibility index (Phi) is 5.26. The number of carbonyl (C=O) groups is 3. The van der Waals surface area contributed by atoms with Crippen molar-refractivity contribution in [3.63, 3.8) is 0 Å². The van der Waals surface area contributed by atoms with E-state index in [1.807, 2.05) is 0 Å². The molecule has 1 aliphatic heterocycles. The van der Waals surface area contributed by atoms with Gasteiger partial charge in [-0.2, -0.15) is 0 Å². The number of anilines is 1. The summed E-state index contributed by atoms with van der Waals surface area (Å²) in [6, 6.07) is 10.5. The Bertz CT molecular complexity index is 996. The second kappa shape index (κ2) is 7.64. The Morgan fingerprint density at radius 3 is 2.39 bits per heavy atom. The summed E-state index contributed by atoms with van der Waals surface area (Å²) in [5.74, 6) is -2.23. The summed E-state index contributed by atoms with van der Waals surface area (Å²) in [5.41, 5.74) is 1.71. The third-order valence-electron chi connectivity index (χ3n) is 4.45. The molecule has 2 N–H and O–H groups in total. The van der Waals surface area contributed by atoms with Crippen molar-refractivity contribution in [2.24, 2.45) is 0 Å². The van der Waals surface area contributed by atoms with Crippen LogP contribution < -0.4 is 10.2 Å². The lowest BCUT2D eigenvalue weighted by molar-refractivity contribution is -0.122. The Morgan fingerprint density at radius 2 is 1.79 bits per heavy atom. The molecule has 28 heavy (non-hydrogen) atoms. The average molecular weight is 382 g/mol. The first kappa shape index (κ1) is 19.3. The van der Waals surface area contributed by atoms with Crippen molar-refractivity contribution in [3.8, 4) is 0 Å². The number of imide groups is 1. The summed E-state index contributed by atoms with van der Waals surface area (Å²) in [7, 11) is 0. The number of carbonyl (C=O) groups excluding carboxylic acids is 3. The molecule has 1 heterocycles. The quantitative estimate of drug-likeness (QED) is 0.629. The molecule has 144 valence electrons. The number of rotatable bonds is 4. The van der Waals surface area contributed by atoms with E-state index in [1.165, 1.54) is 26.0 Å². The summed E-state index contributed by atoms with van der Waals surface area (Å²) < 4.78 is 13.6. The van der Waals surface area contributed by atoms with Gasteiger partial charge < -0.3 is 10.4 Å². The molecular formula is C21H19FN2O4. The molecule has 0 bridgehead atoms. The second-order valence-electron chi connectivity index (χ2n) is 6.47. The van der Waals surface area contributed by atoms with Crippen LogP contribution in [-0.4, -0.2) is 29.4 Å². The lowest BCUT2D eigenvalue weighted by Gasteiger charge is -2.12. The fourth-order valence-electron chi connectivity index (χ4n) is 3.14. The van der Waals surface area contributed by atoms with Crippen molar-refractivity contribution in [1.29, 1.82) is 0 Å². The molecule has 0 saturated heterocycles. The Labute approximate surface area is 161 Å². The first-order chi connectivity index (χ1) is 13.3. The third-order valence-corrected chi connectivity index (χ3v) is 4.45. The van der Waals surface area contributed by atoms with Crippen LogP contribution in [0, 0.1) is 5.82 Å². The van der Waals surface area contributed by atoms with Crippen LogP contribution in [0.4, 0.5) is 10.1 Å². The van der Waals surface area contributed by atoms with Crippen molar-refractivity contribution >= 4 is 34.7 Å². The number of halogens is 1. The molecule has 1 aliphatic rings. The number of hydrogen-bond donors (Lipinski definition) is 2. The highest BCUT2D eigenvalue weighted by atomic mass is 19.1. The van der Waals surface area contributed by atoms with Crippen LogP contribution in [0.15, 0.2) is 42.5 Å². The van der Waals surface area contributed by atoms with Gasteiger partial charge in [-0.15, -0.1) is 0 Å². The number of aliphatic hydroxyl groups is 1. The number of fused-ring (bicyclic) bond motifs is 1. The summed E-state index contributed by atoms with van der Waals surface area (Å²) in [4.78, 5) is 36.4. The summed E-state index contributed by atoms with van der Waals surface area (Å²) in [5, 5.41) is 13.4. The highest BCUT2D eigenvalue weighted by Gasteiger charge is 2.38. The van der Waals surface area contributed by atoms with Crippen LogP contribution in [0.2, 0.25) is 0 Å². The van der Waals surface area contributed by atoms with Gasteiger partial charge in [0.25, 0.3) is 5.91 Å². The van der Waals surface area contributed by atoms with Gasteiger partial charge in [-0.25, -0.2) is 9.29 Å². The van der Waals surface area contributed by atoms with E-state index in [0.29, 0.717) is 24.1 Å². The number of hydrogen-bond acceptors (Lipinski definition) is 4. The molecule has 3 amide bonds. The van der Waals surface area contributed by atoms with Gasteiger partial charge in [-0.3, -0.25) is 14.4 Å². The lowest BCUT2D eigenvalue weighted by Crippen LogP contribution is -2.31. The topological polar surface area (TPSA) is 86.7 Å². The first-order valence-electron chi connectivity index (χ1n) is 8.71. The molecule has 0 atom stereocenters. The standard InChI is InChI=1S/C21H19FN2O4/c1-12(25)23-10-9-14-3-5-15(6-4-14)20(27)19-17-8-7-16(22)11-18(17)24(13(2)26)21(19)28/h3-8,11,27H,9-10H2,1-2H3,(H,23,25). The molecular weight excluding hydrogens is 363 g/mol. The minimum atomic E-state index is -0.694. The summed E-state index contributed by atoms with van der Waals surface area (Å²) in [6.45, 7) is 3.14. The maximum Gasteiger partial charge on any atom is 0.269 e. The Balaban J connectivity index is 1.96. The number of nitrogens with one attached hydrogen (secondary N) is 1. The molecule has 0 radical (unpaired) electrons. The van der Waals surface area contributed by atoms with Gasteiger partial charge in [0.1, 0.15) is 11.6 Å². The number of benzene rings is 2. The van der Waals surface area contributed by atoms with Crippen molar-refractivity contribution in [2.45, 2.75) is 20.3 Å². The fraction of sp³-hybridized carbons (Fsp3) is 0.190. The molecule has 2 aromatic carbocycles. The summed E-state index contributed by atoms with van der Waals surface area (Å²) >= 11 is 0. The smallest absolute Gasteiger partial charge is 0.269 e. The van der Waals surface area contributed by atoms with Crippen molar-refractivity contribution in [2.75, 3.05) is 11.4 Å². The zero-order chi connectivity index (χ0) is 20.4. The summed E-state index contributed by atoms with van der Waals surface area (Å²) in [6.07, 6.45) is 0.621. The van der Waals surface area contributed by atoms with Crippen LogP contribution in [-0.2, 0) is 20.8 Å². The number of amides is 3. The lowest BCUT2D eigenvalue weighted by atomic mass is 10.0. The van der Waals surface area contributed by atoms with Crippen LogP contribution in [0.25, 0.3) is 11.3 Å². The highest BCUT2D eigenvalue weighted by molar-refractivity contribution is 6.42. The Morgan fingerprint density at radius 1 is 1.11 bits per heavy atom. The van der Waals surface area contributed by atoms with E-state index in [9.17, 15) is 23.9 Å². The van der Waals surface area contributed by atoms with E-state index in [-0.39, 0.29) is 22.9 Å². The van der Waals surface area contributed by atoms with Gasteiger partial charge in [-0.1, -0.05) is 24.3 Å². The van der Waals surface area contributed by atoms with Gasteiger partial charge in [-0.05, 0) is 30.2 Å². The van der Waals surface area contributed by atoms with Gasteiger partial charge in [0.2, 0.25) is 11.8 Å². The minimum absolute atomic E-state index is 0.0452. The average Bonchev–Trinajstić information content (AvgIpc) is 2.92. The van der Waals surface area contributed by atoms with Gasteiger partial charge in [0.05, 0.1) is 11.3 Å². The van der Waals surface area contributed by atoms with Crippen LogP contribution in [0.5, 0.6) is 0 Å². The highest BCUT2D eigenvalue weighted by Crippen LogP contribution is 2.40. The van der Waals surface area contributed by atoms with E-state index >= 15 is 0 Å². The minimum Gasteiger partial charge on any atom is -0.506 e. The molecule has 2 aromatic rings. The normalized spacial score (nSPS) is 14.7. The van der Waals surface area contributed by atoms with Crippen molar-refractivity contribution in [3.05, 3.63) is 65.0 Å².